The Morgan fingerprint density at radius 3 is 2.38 bits per heavy atom. The number of aryl methyl sites for hydroxylation is 1. The number of hydrogen-bond donors (Lipinski definition) is 1. The second-order valence-corrected chi connectivity index (χ2v) is 11.1. The SMILES string of the molecule is O=CN(O)C(CCCc1ncccn1)CS(=O)(=O)N1CCN(c2ncc(-c3cccc(Cl)c3)cn2)CC1. The molecule has 1 aromatic carbocycles. The van der Waals surface area contributed by atoms with Gasteiger partial charge in [-0.3, -0.25) is 10.0 Å². The summed E-state index contributed by atoms with van der Waals surface area (Å²) in [5.74, 6) is 0.771. The van der Waals surface area contributed by atoms with Crippen LogP contribution in [0.4, 0.5) is 5.95 Å². The fourth-order valence-corrected chi connectivity index (χ4v) is 6.08. The second kappa shape index (κ2) is 12.4. The molecule has 0 saturated carbocycles. The van der Waals surface area contributed by atoms with E-state index < -0.39 is 16.1 Å². The highest BCUT2D eigenvalue weighted by Crippen LogP contribution is 2.23. The predicted octanol–water partition coefficient (Wildman–Crippen LogP) is 2.28. The average molecular weight is 546 g/mol. The van der Waals surface area contributed by atoms with Crippen LogP contribution in [0.25, 0.3) is 11.1 Å². The number of halogens is 1. The molecule has 3 heterocycles. The summed E-state index contributed by atoms with van der Waals surface area (Å²) in [5.41, 5.74) is 1.75. The summed E-state index contributed by atoms with van der Waals surface area (Å²) in [5, 5.41) is 11.1. The summed E-state index contributed by atoms with van der Waals surface area (Å²) < 4.78 is 27.6. The van der Waals surface area contributed by atoms with Crippen LogP contribution in [-0.2, 0) is 21.2 Å². The molecule has 0 aliphatic carbocycles. The molecule has 1 saturated heterocycles. The molecular weight excluding hydrogens is 518 g/mol. The number of hydroxylamine groups is 2. The Morgan fingerprint density at radius 1 is 1.03 bits per heavy atom. The van der Waals surface area contributed by atoms with E-state index in [-0.39, 0.29) is 25.3 Å². The van der Waals surface area contributed by atoms with Gasteiger partial charge in [0.2, 0.25) is 22.4 Å². The number of hydrogen-bond acceptors (Lipinski definition) is 9. The van der Waals surface area contributed by atoms with E-state index in [1.54, 1.807) is 36.9 Å². The van der Waals surface area contributed by atoms with E-state index >= 15 is 0 Å². The van der Waals surface area contributed by atoms with E-state index in [0.29, 0.717) is 54.2 Å². The van der Waals surface area contributed by atoms with Gasteiger partial charge in [-0.2, -0.15) is 4.31 Å². The molecule has 1 aliphatic heterocycles. The van der Waals surface area contributed by atoms with Gasteiger partial charge < -0.3 is 4.90 Å². The lowest BCUT2D eigenvalue weighted by molar-refractivity contribution is -0.158. The molecule has 196 valence electrons. The van der Waals surface area contributed by atoms with Crippen molar-refractivity contribution in [1.29, 1.82) is 0 Å². The zero-order valence-corrected chi connectivity index (χ0v) is 21.7. The Balaban J connectivity index is 1.32. The van der Waals surface area contributed by atoms with Crippen LogP contribution in [-0.4, -0.2) is 87.3 Å². The van der Waals surface area contributed by atoms with E-state index in [0.717, 1.165) is 11.1 Å². The minimum Gasteiger partial charge on any atom is -0.338 e. The van der Waals surface area contributed by atoms with Crippen molar-refractivity contribution in [1.82, 2.24) is 29.3 Å². The minimum absolute atomic E-state index is 0.238. The third-order valence-corrected chi connectivity index (χ3v) is 8.35. The Bertz CT molecular complexity index is 1270. The Kier molecular flexibility index (Phi) is 8.98. The van der Waals surface area contributed by atoms with E-state index in [1.165, 1.54) is 4.31 Å². The lowest BCUT2D eigenvalue weighted by atomic mass is 10.1. The van der Waals surface area contributed by atoms with Gasteiger partial charge in [0.25, 0.3) is 0 Å². The first-order chi connectivity index (χ1) is 17.9. The third-order valence-electron chi connectivity index (χ3n) is 6.15. The van der Waals surface area contributed by atoms with Gasteiger partial charge in [0.05, 0.1) is 11.8 Å². The number of carbonyl (C=O) groups excluding carboxylic acids is 1. The maximum Gasteiger partial charge on any atom is 0.233 e. The molecule has 1 amide bonds. The zero-order chi connectivity index (χ0) is 26.3. The van der Waals surface area contributed by atoms with Crippen LogP contribution in [0, 0.1) is 0 Å². The Morgan fingerprint density at radius 2 is 1.73 bits per heavy atom. The maximum absolute atomic E-state index is 13.1. The topological polar surface area (TPSA) is 133 Å². The summed E-state index contributed by atoms with van der Waals surface area (Å²) >= 11 is 6.06. The molecule has 2 aromatic heterocycles. The van der Waals surface area contributed by atoms with E-state index in [4.69, 9.17) is 11.6 Å². The number of nitrogens with zero attached hydrogens (tertiary/aromatic N) is 7. The van der Waals surface area contributed by atoms with Crippen LogP contribution < -0.4 is 4.90 Å². The largest absolute Gasteiger partial charge is 0.338 e. The summed E-state index contributed by atoms with van der Waals surface area (Å²) in [6.07, 6.45) is 8.26. The van der Waals surface area contributed by atoms with Gasteiger partial charge >= 0.3 is 0 Å². The molecule has 4 rings (SSSR count). The first kappa shape index (κ1) is 26.9. The van der Waals surface area contributed by atoms with Crippen LogP contribution in [0.3, 0.4) is 0 Å². The van der Waals surface area contributed by atoms with Crippen molar-refractivity contribution in [3.05, 3.63) is 66.0 Å². The highest BCUT2D eigenvalue weighted by atomic mass is 35.5. The van der Waals surface area contributed by atoms with Crippen LogP contribution >= 0.6 is 11.6 Å². The molecule has 1 fully saturated rings. The van der Waals surface area contributed by atoms with Crippen LogP contribution in [0.5, 0.6) is 0 Å². The van der Waals surface area contributed by atoms with E-state index in [1.807, 2.05) is 23.1 Å². The van der Waals surface area contributed by atoms with Crippen molar-refractivity contribution in [3.8, 4) is 11.1 Å². The molecule has 1 N–H and O–H groups in total. The zero-order valence-electron chi connectivity index (χ0n) is 20.1. The summed E-state index contributed by atoms with van der Waals surface area (Å²) in [6.45, 7) is 1.34. The van der Waals surface area contributed by atoms with Gasteiger partial charge in [-0.1, -0.05) is 23.7 Å². The molecule has 1 aliphatic rings. The van der Waals surface area contributed by atoms with Gasteiger partial charge in [-0.25, -0.2) is 33.4 Å². The second-order valence-electron chi connectivity index (χ2n) is 8.64. The first-order valence-corrected chi connectivity index (χ1v) is 13.8. The fraction of sp³-hybridized carbons (Fsp3) is 0.375. The van der Waals surface area contributed by atoms with Gasteiger partial charge in [0, 0.05) is 68.0 Å². The maximum atomic E-state index is 13.1. The van der Waals surface area contributed by atoms with Gasteiger partial charge in [-0.15, -0.1) is 0 Å². The molecule has 37 heavy (non-hydrogen) atoms. The standard InChI is InChI=1S/C24H28ClN7O4S/c25-21-5-1-4-19(14-21)20-15-28-24(29-16-20)30-10-12-31(13-11-30)37(35,36)17-22(32(34)18-33)6-2-7-23-26-8-3-9-27-23/h1,3-5,8-9,14-16,18,22,34H,2,6-7,10-13,17H2. The third kappa shape index (κ3) is 7.19. The van der Waals surface area contributed by atoms with Crippen LogP contribution in [0.2, 0.25) is 5.02 Å². The van der Waals surface area contributed by atoms with Gasteiger partial charge in [0.15, 0.2) is 0 Å². The van der Waals surface area contributed by atoms with Gasteiger partial charge in [0.1, 0.15) is 5.82 Å². The Hall–Kier alpha value is -3.19. The van der Waals surface area contributed by atoms with Crippen molar-refractivity contribution in [2.75, 3.05) is 36.8 Å². The van der Waals surface area contributed by atoms with Gasteiger partial charge in [-0.05, 0) is 36.6 Å². The molecule has 1 unspecified atom stereocenters. The van der Waals surface area contributed by atoms with Crippen molar-refractivity contribution in [2.24, 2.45) is 0 Å². The average Bonchev–Trinajstić information content (AvgIpc) is 2.93. The highest BCUT2D eigenvalue weighted by Gasteiger charge is 2.32. The van der Waals surface area contributed by atoms with Crippen molar-refractivity contribution >= 4 is 34.0 Å². The summed E-state index contributed by atoms with van der Waals surface area (Å²) in [4.78, 5) is 30.3. The summed E-state index contributed by atoms with van der Waals surface area (Å²) in [6, 6.07) is 8.26. The number of rotatable bonds is 11. The number of sulfonamides is 1. The predicted molar refractivity (Wildman–Crippen MR) is 138 cm³/mol. The lowest BCUT2D eigenvalue weighted by Crippen LogP contribution is -2.51. The first-order valence-electron chi connectivity index (χ1n) is 11.8. The lowest BCUT2D eigenvalue weighted by Gasteiger charge is -2.35. The number of aromatic nitrogens is 4. The molecule has 13 heteroatoms. The normalized spacial score (nSPS) is 15.4. The molecule has 0 radical (unpaired) electrons. The number of carbonyl (C=O) groups is 1. The van der Waals surface area contributed by atoms with Crippen LogP contribution in [0.15, 0.2) is 55.1 Å². The molecule has 11 nitrogen and oxygen atoms in total. The number of anilines is 1. The minimum atomic E-state index is -3.72. The molecule has 1 atom stereocenters. The van der Waals surface area contributed by atoms with E-state index in [2.05, 4.69) is 19.9 Å². The smallest absolute Gasteiger partial charge is 0.233 e. The molecule has 0 bridgehead atoms. The van der Waals surface area contributed by atoms with Crippen molar-refractivity contribution in [2.45, 2.75) is 25.3 Å². The van der Waals surface area contributed by atoms with Crippen molar-refractivity contribution < 1.29 is 18.4 Å². The van der Waals surface area contributed by atoms with Crippen molar-refractivity contribution in [3.63, 3.8) is 0 Å². The fourth-order valence-electron chi connectivity index (χ4n) is 4.15. The molecule has 0 spiro atoms. The van der Waals surface area contributed by atoms with Crippen LogP contribution in [0.1, 0.15) is 18.7 Å². The number of amides is 1. The monoisotopic (exact) mass is 545 g/mol. The number of piperazine rings is 1. The Labute approximate surface area is 220 Å². The quantitative estimate of drug-likeness (QED) is 0.219. The number of benzene rings is 1. The molecule has 3 aromatic rings. The highest BCUT2D eigenvalue weighted by molar-refractivity contribution is 7.89. The van der Waals surface area contributed by atoms with E-state index in [9.17, 15) is 18.4 Å². The molecular formula is C24H28ClN7O4S. The summed E-state index contributed by atoms with van der Waals surface area (Å²) in [7, 11) is -3.72.